The monoisotopic (exact) mass is 708 g/mol. The highest BCUT2D eigenvalue weighted by Crippen LogP contribution is 2.18. The number of likely N-dealkylation sites (N-methyl/N-ethyl adjacent to an activating group) is 1. The third kappa shape index (κ3) is 11.9. The molecule has 3 aromatic rings. The van der Waals surface area contributed by atoms with Gasteiger partial charge in [0.2, 0.25) is 17.0 Å². The number of aromatic nitrogens is 1. The van der Waals surface area contributed by atoms with Crippen LogP contribution in [-0.4, -0.2) is 140 Å². The van der Waals surface area contributed by atoms with Gasteiger partial charge >= 0.3 is 11.9 Å². The molecule has 278 valence electrons. The average Bonchev–Trinajstić information content (AvgIpc) is 3.09. The molecule has 1 N–H and O–H groups in total. The van der Waals surface area contributed by atoms with Crippen LogP contribution in [0.2, 0.25) is 0 Å². The summed E-state index contributed by atoms with van der Waals surface area (Å²) in [6.07, 6.45) is 0.113. The number of hydrogen-bond acceptors (Lipinski definition) is 13. The number of hydrogen-bond donors (Lipinski definition) is 1. The molecule has 0 spiro atoms. The predicted molar refractivity (Wildman–Crippen MR) is 193 cm³/mol. The van der Waals surface area contributed by atoms with E-state index in [1.807, 2.05) is 19.2 Å². The van der Waals surface area contributed by atoms with Crippen molar-refractivity contribution in [1.82, 2.24) is 29.9 Å². The molecule has 1 saturated heterocycles. The number of Topliss-reactive ketones (excluding diaryl/α,β-unsaturated/α-hetero) is 1. The first-order chi connectivity index (χ1) is 24.5. The maximum absolute atomic E-state index is 13.1. The number of para-hydroxylation sites is 1. The smallest absolute Gasteiger partial charge is 0.328 e. The summed E-state index contributed by atoms with van der Waals surface area (Å²) in [5.41, 5.74) is 1.32. The van der Waals surface area contributed by atoms with E-state index in [0.29, 0.717) is 81.0 Å². The summed E-state index contributed by atoms with van der Waals surface area (Å²) in [5, 5.41) is 3.66. The number of esters is 2. The van der Waals surface area contributed by atoms with Gasteiger partial charge in [0, 0.05) is 65.3 Å². The number of pyridine rings is 1. The van der Waals surface area contributed by atoms with Crippen molar-refractivity contribution in [2.24, 2.45) is 5.92 Å². The molecule has 0 radical (unpaired) electrons. The van der Waals surface area contributed by atoms with Crippen LogP contribution in [0.3, 0.4) is 0 Å². The van der Waals surface area contributed by atoms with Gasteiger partial charge in [0.15, 0.2) is 0 Å². The number of amides is 1. The van der Waals surface area contributed by atoms with Crippen molar-refractivity contribution in [1.29, 1.82) is 0 Å². The number of nitrogens with one attached hydrogen (secondary N) is 1. The Morgan fingerprint density at radius 3 is 2.10 bits per heavy atom. The van der Waals surface area contributed by atoms with E-state index in [2.05, 4.69) is 24.9 Å². The van der Waals surface area contributed by atoms with Gasteiger partial charge < -0.3 is 24.1 Å². The largest absolute Gasteiger partial charge is 0.466 e. The van der Waals surface area contributed by atoms with Crippen molar-refractivity contribution in [3.63, 3.8) is 0 Å². The lowest BCUT2D eigenvalue weighted by atomic mass is 10.0. The molecule has 1 fully saturated rings. The fourth-order valence-electron chi connectivity index (χ4n) is 5.99. The molecule has 1 amide bonds. The first-order valence-corrected chi connectivity index (χ1v) is 17.8. The molecule has 2 atom stereocenters. The second-order valence-electron chi connectivity index (χ2n) is 13.2. The fourth-order valence-corrected chi connectivity index (χ4v) is 5.99. The van der Waals surface area contributed by atoms with Crippen molar-refractivity contribution in [3.05, 3.63) is 52.3 Å². The molecule has 51 heavy (non-hydrogen) atoms. The Bertz CT molecular complexity index is 1660. The van der Waals surface area contributed by atoms with Gasteiger partial charge in [-0.2, -0.15) is 0 Å². The van der Waals surface area contributed by atoms with E-state index in [9.17, 15) is 24.0 Å². The number of ether oxygens (including phenoxy) is 2. The first-order valence-electron chi connectivity index (χ1n) is 17.8. The molecule has 0 bridgehead atoms. The van der Waals surface area contributed by atoms with E-state index < -0.39 is 17.9 Å². The number of carbonyl (C=O) groups is 4. The summed E-state index contributed by atoms with van der Waals surface area (Å²) < 4.78 is 16.2. The molecule has 1 aliphatic rings. The van der Waals surface area contributed by atoms with Crippen LogP contribution < -0.4 is 10.7 Å². The van der Waals surface area contributed by atoms with Crippen molar-refractivity contribution in [3.8, 4) is 0 Å². The van der Waals surface area contributed by atoms with Crippen LogP contribution in [-0.2, 0) is 35.2 Å². The van der Waals surface area contributed by atoms with Crippen LogP contribution in [0, 0.1) is 5.92 Å². The highest BCUT2D eigenvalue weighted by Gasteiger charge is 2.23. The highest BCUT2D eigenvalue weighted by molar-refractivity contribution is 5.88. The molecule has 1 aromatic carbocycles. The van der Waals surface area contributed by atoms with Crippen LogP contribution in [0.15, 0.2) is 45.6 Å². The Morgan fingerprint density at radius 1 is 0.804 bits per heavy atom. The molecule has 1 aliphatic heterocycles. The van der Waals surface area contributed by atoms with E-state index in [1.165, 1.54) is 0 Å². The Labute approximate surface area is 299 Å². The van der Waals surface area contributed by atoms with Gasteiger partial charge in [0.1, 0.15) is 17.4 Å². The average molecular weight is 709 g/mol. The first kappa shape index (κ1) is 39.5. The van der Waals surface area contributed by atoms with E-state index in [4.69, 9.17) is 18.9 Å². The summed E-state index contributed by atoms with van der Waals surface area (Å²) in [6.45, 7) is 13.0. The van der Waals surface area contributed by atoms with Gasteiger partial charge in [-0.25, -0.2) is 9.78 Å². The van der Waals surface area contributed by atoms with Gasteiger partial charge in [-0.1, -0.05) is 19.1 Å². The van der Waals surface area contributed by atoms with Crippen LogP contribution in [0.5, 0.6) is 0 Å². The summed E-state index contributed by atoms with van der Waals surface area (Å²) >= 11 is 0. The van der Waals surface area contributed by atoms with Gasteiger partial charge in [-0.3, -0.25) is 33.9 Å². The number of fused-ring (bicyclic) bond motifs is 2. The molecular weight excluding hydrogens is 656 g/mol. The normalized spacial score (nSPS) is 17.3. The number of rotatable bonds is 13. The van der Waals surface area contributed by atoms with E-state index in [0.717, 1.165) is 0 Å². The van der Waals surface area contributed by atoms with Crippen LogP contribution in [0.4, 0.5) is 0 Å². The zero-order valence-corrected chi connectivity index (χ0v) is 30.5. The molecule has 14 nitrogen and oxygen atoms in total. The van der Waals surface area contributed by atoms with Crippen molar-refractivity contribution >= 4 is 45.7 Å². The summed E-state index contributed by atoms with van der Waals surface area (Å²) in [7, 11) is 2.01. The Morgan fingerprint density at radius 2 is 1.41 bits per heavy atom. The number of carbonyl (C=O) groups excluding carboxylic acids is 4. The van der Waals surface area contributed by atoms with Crippen molar-refractivity contribution in [2.45, 2.75) is 46.7 Å². The minimum Gasteiger partial charge on any atom is -0.466 e. The van der Waals surface area contributed by atoms with Crippen molar-refractivity contribution in [2.75, 3.05) is 85.7 Å². The highest BCUT2D eigenvalue weighted by atomic mass is 16.5. The zero-order chi connectivity index (χ0) is 36.9. The fraction of sp³-hybridized carbons (Fsp3) is 0.568. The van der Waals surface area contributed by atoms with E-state index in [1.54, 1.807) is 52.0 Å². The van der Waals surface area contributed by atoms with Gasteiger partial charge in [-0.05, 0) is 52.1 Å². The maximum Gasteiger partial charge on any atom is 0.328 e. The third-order valence-electron chi connectivity index (χ3n) is 8.95. The predicted octanol–water partition coefficient (Wildman–Crippen LogP) is 1.92. The van der Waals surface area contributed by atoms with Gasteiger partial charge in [-0.15, -0.1) is 0 Å². The van der Waals surface area contributed by atoms with Crippen LogP contribution >= 0.6 is 0 Å². The Balaban J connectivity index is 1.52. The standard InChI is InChI=1S/C37H52N6O8/c1-6-49-36(47)26(3)22-29(44)24-42-16-14-40(5)15-17-43(25-33(45)38-27(4)37(48)50-7-2)21-19-41(18-20-42)23-28-12-13-31-34(46)30-10-8-9-11-32(30)51-35(31)39-28/h8-13,26-27H,6-7,14-25H2,1-5H3,(H,38,45)/t26-,27+/m1/s1. The van der Waals surface area contributed by atoms with Crippen LogP contribution in [0.1, 0.15) is 39.8 Å². The molecule has 0 unspecified atom stereocenters. The Kier molecular flexibility index (Phi) is 15.0. The molecule has 2 aromatic heterocycles. The SMILES string of the molecule is CCOC(=O)[C@H](C)CC(=O)CN1CCN(C)CCN(CC(=O)N[C@@H](C)C(=O)OCC)CCN(Cc2ccc3c(=O)c4ccccc4oc3n2)CC1. The quantitative estimate of drug-likeness (QED) is 0.203. The molecule has 3 heterocycles. The number of benzene rings is 1. The Hall–Kier alpha value is -4.24. The van der Waals surface area contributed by atoms with Crippen molar-refractivity contribution < 1.29 is 33.1 Å². The van der Waals surface area contributed by atoms with Gasteiger partial charge in [0.05, 0.1) is 48.7 Å². The second kappa shape index (κ2) is 19.4. The van der Waals surface area contributed by atoms with Crippen LogP contribution in [0.25, 0.3) is 22.1 Å². The molecule has 4 rings (SSSR count). The second-order valence-corrected chi connectivity index (χ2v) is 13.2. The maximum atomic E-state index is 13.1. The van der Waals surface area contributed by atoms with Gasteiger partial charge in [0.25, 0.3) is 0 Å². The minimum atomic E-state index is -0.755. The lowest BCUT2D eigenvalue weighted by Crippen LogP contribution is -2.49. The van der Waals surface area contributed by atoms with E-state index in [-0.39, 0.29) is 61.5 Å². The zero-order valence-electron chi connectivity index (χ0n) is 30.5. The summed E-state index contributed by atoms with van der Waals surface area (Å²) in [6, 6.07) is 9.92. The third-order valence-corrected chi connectivity index (χ3v) is 8.95. The molecule has 14 heteroatoms. The molecule has 0 saturated carbocycles. The summed E-state index contributed by atoms with van der Waals surface area (Å²) in [5.74, 6) is -1.65. The lowest BCUT2D eigenvalue weighted by molar-refractivity contribution is -0.149. The topological polar surface area (TPSA) is 155 Å². The molecular formula is C37H52N6O8. The molecule has 0 aliphatic carbocycles. The summed E-state index contributed by atoms with van der Waals surface area (Å²) in [4.78, 5) is 76.8. The minimum absolute atomic E-state index is 0.0236. The lowest BCUT2D eigenvalue weighted by Gasteiger charge is -2.33. The number of nitrogens with zero attached hydrogens (tertiary/aromatic N) is 5. The van der Waals surface area contributed by atoms with E-state index >= 15 is 0 Å². The number of ketones is 1.